The van der Waals surface area contributed by atoms with Gasteiger partial charge >= 0.3 is 24.4 Å². The van der Waals surface area contributed by atoms with Crippen LogP contribution < -0.4 is 19.6 Å². The fraction of sp³-hybridized carbons (Fsp3) is 0.462. The summed E-state index contributed by atoms with van der Waals surface area (Å²) in [5, 5.41) is 19.8. The maximum atomic E-state index is 13.1. The molecule has 1 aliphatic heterocycles. The van der Waals surface area contributed by atoms with Crippen LogP contribution in [-0.4, -0.2) is 81.9 Å². The Bertz CT molecular complexity index is 1320. The zero-order chi connectivity index (χ0) is 30.7. The van der Waals surface area contributed by atoms with Crippen LogP contribution in [-0.2, 0) is 9.47 Å². The van der Waals surface area contributed by atoms with E-state index in [1.165, 1.54) is 6.20 Å². The molecular weight excluding hydrogens is 604 g/mol. The second-order valence-corrected chi connectivity index (χ2v) is 11.9. The number of nitrogens with zero attached hydrogens (tertiary/aromatic N) is 6. The van der Waals surface area contributed by atoms with E-state index >= 15 is 0 Å². The number of aromatic nitrogens is 2. The predicted molar refractivity (Wildman–Crippen MR) is 154 cm³/mol. The smallest absolute Gasteiger partial charge is 0.427 e. The molecule has 14 nitrogen and oxygen atoms in total. The van der Waals surface area contributed by atoms with Gasteiger partial charge in [-0.25, -0.2) is 24.2 Å². The number of carbonyl (C=O) groups excluding carboxylic acids is 2. The third kappa shape index (κ3) is 8.19. The zero-order valence-corrected chi connectivity index (χ0v) is 25.2. The van der Waals surface area contributed by atoms with Crippen molar-refractivity contribution in [2.75, 3.05) is 45.8 Å². The van der Waals surface area contributed by atoms with Crippen molar-refractivity contribution in [1.82, 2.24) is 9.97 Å². The molecule has 0 spiro atoms. The van der Waals surface area contributed by atoms with Crippen LogP contribution in [0.15, 0.2) is 34.9 Å². The molecule has 0 aliphatic carbocycles. The van der Waals surface area contributed by atoms with Crippen molar-refractivity contribution in [2.24, 2.45) is 0 Å². The van der Waals surface area contributed by atoms with Crippen LogP contribution in [0.25, 0.3) is 0 Å². The highest BCUT2D eigenvalue weighted by Gasteiger charge is 2.37. The quantitative estimate of drug-likeness (QED) is 0.439. The molecule has 0 bridgehead atoms. The molecule has 0 radical (unpaired) electrons. The lowest BCUT2D eigenvalue weighted by Gasteiger charge is -2.38. The molecule has 0 unspecified atom stereocenters. The molecule has 1 fully saturated rings. The first-order valence-electron chi connectivity index (χ1n) is 12.6. The number of carboxylic acid groups (broad SMARTS) is 2. The van der Waals surface area contributed by atoms with Gasteiger partial charge in [-0.3, -0.25) is 0 Å². The Morgan fingerprint density at radius 1 is 0.854 bits per heavy atom. The summed E-state index contributed by atoms with van der Waals surface area (Å²) < 4.78 is 11.4. The molecule has 2 aromatic rings. The molecule has 4 amide bonds. The minimum Gasteiger partial charge on any atom is -0.464 e. The first-order chi connectivity index (χ1) is 19.0. The van der Waals surface area contributed by atoms with E-state index in [1.807, 2.05) is 24.3 Å². The summed E-state index contributed by atoms with van der Waals surface area (Å²) in [6.07, 6.45) is -4.88. The highest BCUT2D eigenvalue weighted by Crippen LogP contribution is 2.32. The number of rotatable bonds is 4. The molecule has 0 atom stereocenters. The minimum atomic E-state index is -1.76. The lowest BCUT2D eigenvalue weighted by Crippen LogP contribution is -2.48. The van der Waals surface area contributed by atoms with Gasteiger partial charge in [0.25, 0.3) is 0 Å². The second kappa shape index (κ2) is 12.2. The SMILES string of the molecule is CC(C)(C)OC(=O)N(C(=O)O)c1ncc(N2CCN(c3cccc(Br)c3)CC2)c(N(C(=O)O)C(=O)OC(C)(C)C)n1. The van der Waals surface area contributed by atoms with Crippen molar-refractivity contribution in [2.45, 2.75) is 52.7 Å². The normalized spacial score (nSPS) is 13.8. The van der Waals surface area contributed by atoms with Crippen LogP contribution in [0.1, 0.15) is 41.5 Å². The van der Waals surface area contributed by atoms with Crippen LogP contribution in [0, 0.1) is 0 Å². The number of hydrogen-bond acceptors (Lipinski definition) is 10. The lowest BCUT2D eigenvalue weighted by atomic mass is 10.2. The van der Waals surface area contributed by atoms with Gasteiger partial charge in [0.2, 0.25) is 5.95 Å². The number of benzene rings is 1. The van der Waals surface area contributed by atoms with Gasteiger partial charge in [0.05, 0.1) is 6.20 Å². The summed E-state index contributed by atoms with van der Waals surface area (Å²) in [5.74, 6) is -1.17. The number of ether oxygens (including phenoxy) is 2. The molecule has 1 aliphatic rings. The standard InChI is InChI=1S/C26H33BrN6O8/c1-25(2,3)40-23(38)32(21(34)35)19-18(31-12-10-30(11-13-31)17-9-7-8-16(27)14-17)15-28-20(29-19)33(22(36)37)24(39)41-26(4,5)6/h7-9,14-15H,10-13H2,1-6H3,(H,34,35)(H,36,37). The fourth-order valence-electron chi connectivity index (χ4n) is 3.85. The molecule has 41 heavy (non-hydrogen) atoms. The van der Waals surface area contributed by atoms with E-state index in [4.69, 9.17) is 9.47 Å². The maximum Gasteiger partial charge on any atom is 0.427 e. The zero-order valence-electron chi connectivity index (χ0n) is 23.6. The van der Waals surface area contributed by atoms with E-state index in [0.29, 0.717) is 26.2 Å². The summed E-state index contributed by atoms with van der Waals surface area (Å²) in [6, 6.07) is 7.78. The predicted octanol–water partition coefficient (Wildman–Crippen LogP) is 5.40. The number of carbonyl (C=O) groups is 4. The molecule has 1 saturated heterocycles. The van der Waals surface area contributed by atoms with Crippen molar-refractivity contribution in [3.05, 3.63) is 34.9 Å². The average molecular weight is 637 g/mol. The van der Waals surface area contributed by atoms with Crippen LogP contribution in [0.3, 0.4) is 0 Å². The monoisotopic (exact) mass is 636 g/mol. The fourth-order valence-corrected chi connectivity index (χ4v) is 4.23. The van der Waals surface area contributed by atoms with E-state index < -0.39 is 47.3 Å². The van der Waals surface area contributed by atoms with E-state index in [0.717, 1.165) is 10.2 Å². The van der Waals surface area contributed by atoms with Gasteiger partial charge in [-0.05, 0) is 59.7 Å². The molecule has 15 heteroatoms. The third-order valence-corrected chi connectivity index (χ3v) is 5.97. The van der Waals surface area contributed by atoms with Gasteiger partial charge in [-0.15, -0.1) is 4.90 Å². The Hall–Kier alpha value is -4.14. The van der Waals surface area contributed by atoms with Gasteiger partial charge in [-0.1, -0.05) is 22.0 Å². The van der Waals surface area contributed by atoms with Crippen LogP contribution in [0.5, 0.6) is 0 Å². The van der Waals surface area contributed by atoms with E-state index in [1.54, 1.807) is 46.4 Å². The third-order valence-electron chi connectivity index (χ3n) is 5.48. The lowest BCUT2D eigenvalue weighted by molar-refractivity contribution is 0.0569. The number of amides is 4. The summed E-state index contributed by atoms with van der Waals surface area (Å²) in [7, 11) is 0. The maximum absolute atomic E-state index is 13.1. The van der Waals surface area contributed by atoms with Crippen molar-refractivity contribution < 1.29 is 38.9 Å². The summed E-state index contributed by atoms with van der Waals surface area (Å²) in [5.41, 5.74) is -0.989. The van der Waals surface area contributed by atoms with Crippen molar-refractivity contribution in [1.29, 1.82) is 0 Å². The Balaban J connectivity index is 2.06. The number of halogens is 1. The van der Waals surface area contributed by atoms with Crippen LogP contribution in [0.2, 0.25) is 0 Å². The molecule has 2 N–H and O–H groups in total. The molecule has 222 valence electrons. The van der Waals surface area contributed by atoms with Gasteiger partial charge < -0.3 is 29.5 Å². The van der Waals surface area contributed by atoms with Crippen molar-refractivity contribution in [3.63, 3.8) is 0 Å². The van der Waals surface area contributed by atoms with E-state index in [9.17, 15) is 29.4 Å². The van der Waals surface area contributed by atoms with Gasteiger partial charge in [0.15, 0.2) is 5.82 Å². The van der Waals surface area contributed by atoms with Crippen molar-refractivity contribution >= 4 is 63.4 Å². The average Bonchev–Trinajstić information content (AvgIpc) is 2.82. The highest BCUT2D eigenvalue weighted by molar-refractivity contribution is 9.10. The van der Waals surface area contributed by atoms with Gasteiger partial charge in [-0.2, -0.15) is 9.88 Å². The van der Waals surface area contributed by atoms with Crippen LogP contribution in [0.4, 0.5) is 42.3 Å². The largest absolute Gasteiger partial charge is 0.464 e. The Labute approximate surface area is 245 Å². The van der Waals surface area contributed by atoms with Crippen LogP contribution >= 0.6 is 15.9 Å². The number of hydrogen-bond donors (Lipinski definition) is 2. The second-order valence-electron chi connectivity index (χ2n) is 11.0. The summed E-state index contributed by atoms with van der Waals surface area (Å²) >= 11 is 3.47. The van der Waals surface area contributed by atoms with E-state index in [-0.39, 0.29) is 15.5 Å². The highest BCUT2D eigenvalue weighted by atomic mass is 79.9. The van der Waals surface area contributed by atoms with Crippen molar-refractivity contribution in [3.8, 4) is 0 Å². The first kappa shape index (κ1) is 31.4. The Kier molecular flexibility index (Phi) is 9.31. The minimum absolute atomic E-state index is 0.130. The molecule has 1 aromatic heterocycles. The molecule has 2 heterocycles. The first-order valence-corrected chi connectivity index (χ1v) is 13.4. The van der Waals surface area contributed by atoms with E-state index in [2.05, 4.69) is 30.8 Å². The number of imide groups is 2. The Morgan fingerprint density at radius 3 is 1.85 bits per heavy atom. The molecule has 0 saturated carbocycles. The molecule has 3 rings (SSSR count). The number of anilines is 4. The number of piperazine rings is 1. The topological polar surface area (TPSA) is 166 Å². The molecule has 1 aromatic carbocycles. The Morgan fingerprint density at radius 2 is 1.37 bits per heavy atom. The van der Waals surface area contributed by atoms with Gasteiger partial charge in [0, 0.05) is 36.3 Å². The molecular formula is C26H33BrN6O8. The summed E-state index contributed by atoms with van der Waals surface area (Å²) in [6.45, 7) is 11.2. The summed E-state index contributed by atoms with van der Waals surface area (Å²) in [4.78, 5) is 62.7. The van der Waals surface area contributed by atoms with Gasteiger partial charge in [0.1, 0.15) is 16.9 Å².